The lowest BCUT2D eigenvalue weighted by atomic mass is 10.1. The maximum Gasteiger partial charge on any atom is 0.294 e. The SMILES string of the molecule is Cc1cccc(NC(=O)CN2C(=O)S/C(=C\c3ccc(N4CCOCC4)cc3C)C2=O)c1. The molecule has 2 aromatic rings. The molecule has 2 aromatic carbocycles. The molecule has 4 rings (SSSR count). The number of amides is 3. The van der Waals surface area contributed by atoms with Crippen molar-refractivity contribution in [3.8, 4) is 0 Å². The maximum atomic E-state index is 12.8. The number of ether oxygens (including phenoxy) is 1. The molecule has 2 aliphatic heterocycles. The molecule has 2 fully saturated rings. The van der Waals surface area contributed by atoms with Crippen molar-refractivity contribution in [2.24, 2.45) is 0 Å². The second-order valence-electron chi connectivity index (χ2n) is 7.83. The average molecular weight is 452 g/mol. The number of carbonyl (C=O) groups is 3. The van der Waals surface area contributed by atoms with E-state index in [9.17, 15) is 14.4 Å². The molecule has 0 unspecified atom stereocenters. The van der Waals surface area contributed by atoms with E-state index in [0.717, 1.165) is 52.1 Å². The molecule has 7 nitrogen and oxygen atoms in total. The molecule has 1 N–H and O–H groups in total. The van der Waals surface area contributed by atoms with Gasteiger partial charge in [0.2, 0.25) is 5.91 Å². The summed E-state index contributed by atoms with van der Waals surface area (Å²) in [4.78, 5) is 41.2. The van der Waals surface area contributed by atoms with Gasteiger partial charge in [-0.2, -0.15) is 0 Å². The van der Waals surface area contributed by atoms with Crippen LogP contribution in [0.5, 0.6) is 0 Å². The molecule has 2 aliphatic rings. The summed E-state index contributed by atoms with van der Waals surface area (Å²) in [5, 5.41) is 2.29. The minimum atomic E-state index is -0.448. The van der Waals surface area contributed by atoms with Crippen molar-refractivity contribution in [3.63, 3.8) is 0 Å². The predicted molar refractivity (Wildman–Crippen MR) is 127 cm³/mol. The minimum absolute atomic E-state index is 0.315. The van der Waals surface area contributed by atoms with Crippen LogP contribution in [0.4, 0.5) is 16.2 Å². The van der Waals surface area contributed by atoms with Crippen LogP contribution >= 0.6 is 11.8 Å². The molecule has 0 saturated carbocycles. The molecule has 0 aliphatic carbocycles. The van der Waals surface area contributed by atoms with Crippen LogP contribution in [0.25, 0.3) is 6.08 Å². The van der Waals surface area contributed by atoms with Gasteiger partial charge < -0.3 is 15.0 Å². The first-order valence-corrected chi connectivity index (χ1v) is 11.3. The van der Waals surface area contributed by atoms with Crippen LogP contribution in [-0.2, 0) is 14.3 Å². The van der Waals surface area contributed by atoms with E-state index in [2.05, 4.69) is 16.3 Å². The Morgan fingerprint density at radius 1 is 1.12 bits per heavy atom. The number of anilines is 2. The zero-order chi connectivity index (χ0) is 22.7. The van der Waals surface area contributed by atoms with Crippen molar-refractivity contribution in [1.82, 2.24) is 4.90 Å². The molecule has 32 heavy (non-hydrogen) atoms. The largest absolute Gasteiger partial charge is 0.378 e. The Labute approximate surface area is 191 Å². The third kappa shape index (κ3) is 5.03. The van der Waals surface area contributed by atoms with Crippen LogP contribution in [0.2, 0.25) is 0 Å². The number of aryl methyl sites for hydroxylation is 2. The third-order valence-corrected chi connectivity index (χ3v) is 6.30. The normalized spacial score (nSPS) is 17.9. The van der Waals surface area contributed by atoms with Gasteiger partial charge in [-0.1, -0.05) is 18.2 Å². The number of morpholine rings is 1. The monoisotopic (exact) mass is 451 g/mol. The summed E-state index contributed by atoms with van der Waals surface area (Å²) >= 11 is 0.860. The third-order valence-electron chi connectivity index (χ3n) is 5.39. The number of nitrogens with one attached hydrogen (secondary N) is 1. The molecule has 0 radical (unpaired) electrons. The maximum absolute atomic E-state index is 12.8. The molecule has 2 heterocycles. The number of nitrogens with zero attached hydrogens (tertiary/aromatic N) is 2. The standard InChI is InChI=1S/C24H25N3O4S/c1-16-4-3-5-19(12-16)25-22(28)15-27-23(29)21(32-24(27)30)14-18-6-7-20(13-17(18)2)26-8-10-31-11-9-26/h3-7,12-14H,8-11,15H2,1-2H3,(H,25,28)/b21-14-. The van der Waals surface area contributed by atoms with Crippen molar-refractivity contribution in [2.45, 2.75) is 13.8 Å². The Morgan fingerprint density at radius 2 is 1.91 bits per heavy atom. The second-order valence-corrected chi connectivity index (χ2v) is 8.82. The van der Waals surface area contributed by atoms with E-state index in [4.69, 9.17) is 4.74 Å². The number of rotatable bonds is 5. The molecule has 3 amide bonds. The van der Waals surface area contributed by atoms with Gasteiger partial charge in [0, 0.05) is 24.5 Å². The van der Waals surface area contributed by atoms with Crippen LogP contribution in [-0.4, -0.2) is 54.8 Å². The van der Waals surface area contributed by atoms with Gasteiger partial charge in [-0.15, -0.1) is 0 Å². The summed E-state index contributed by atoms with van der Waals surface area (Å²) in [6, 6.07) is 13.4. The number of imide groups is 1. The van der Waals surface area contributed by atoms with E-state index in [0.29, 0.717) is 23.8 Å². The lowest BCUT2D eigenvalue weighted by Gasteiger charge is -2.29. The van der Waals surface area contributed by atoms with Crippen molar-refractivity contribution >= 4 is 46.3 Å². The summed E-state index contributed by atoms with van der Waals surface area (Å²) < 4.78 is 5.41. The molecule has 2 saturated heterocycles. The van der Waals surface area contributed by atoms with Crippen LogP contribution in [0, 0.1) is 13.8 Å². The van der Waals surface area contributed by atoms with Crippen LogP contribution < -0.4 is 10.2 Å². The van der Waals surface area contributed by atoms with Crippen molar-refractivity contribution < 1.29 is 19.1 Å². The zero-order valence-electron chi connectivity index (χ0n) is 18.1. The first kappa shape index (κ1) is 22.1. The Balaban J connectivity index is 1.44. The molecular formula is C24H25N3O4S. The number of benzene rings is 2. The van der Waals surface area contributed by atoms with Gasteiger partial charge >= 0.3 is 0 Å². The lowest BCUT2D eigenvalue weighted by Crippen LogP contribution is -2.36. The number of thioether (sulfide) groups is 1. The van der Waals surface area contributed by atoms with Gasteiger partial charge in [0.05, 0.1) is 18.1 Å². The highest BCUT2D eigenvalue weighted by Crippen LogP contribution is 2.33. The van der Waals surface area contributed by atoms with Crippen molar-refractivity contribution in [2.75, 3.05) is 43.1 Å². The fourth-order valence-electron chi connectivity index (χ4n) is 3.68. The Kier molecular flexibility index (Phi) is 6.62. The van der Waals surface area contributed by atoms with Crippen LogP contribution in [0.3, 0.4) is 0 Å². The summed E-state index contributed by atoms with van der Waals surface area (Å²) in [6.45, 7) is 6.72. The van der Waals surface area contributed by atoms with Crippen LogP contribution in [0.15, 0.2) is 47.4 Å². The number of hydrogen-bond donors (Lipinski definition) is 1. The Hall–Kier alpha value is -3.10. The summed E-state index contributed by atoms with van der Waals surface area (Å²) in [5.41, 5.74) is 4.64. The van der Waals surface area contributed by atoms with Gasteiger partial charge in [-0.3, -0.25) is 19.3 Å². The van der Waals surface area contributed by atoms with E-state index in [1.807, 2.05) is 44.2 Å². The Bertz CT molecular complexity index is 1090. The zero-order valence-corrected chi connectivity index (χ0v) is 18.9. The van der Waals surface area contributed by atoms with Gasteiger partial charge in [0.15, 0.2) is 0 Å². The highest BCUT2D eigenvalue weighted by atomic mass is 32.2. The van der Waals surface area contributed by atoms with E-state index < -0.39 is 17.1 Å². The van der Waals surface area contributed by atoms with E-state index in [1.54, 1.807) is 12.1 Å². The molecule has 0 atom stereocenters. The molecule has 0 spiro atoms. The molecule has 0 aromatic heterocycles. The van der Waals surface area contributed by atoms with E-state index >= 15 is 0 Å². The second kappa shape index (κ2) is 9.58. The van der Waals surface area contributed by atoms with Gasteiger partial charge in [-0.25, -0.2) is 0 Å². The van der Waals surface area contributed by atoms with Crippen molar-refractivity contribution in [1.29, 1.82) is 0 Å². The Morgan fingerprint density at radius 3 is 2.62 bits per heavy atom. The van der Waals surface area contributed by atoms with E-state index in [1.165, 1.54) is 0 Å². The summed E-state index contributed by atoms with van der Waals surface area (Å²) in [5.74, 6) is -0.860. The number of carbonyl (C=O) groups excluding carboxylic acids is 3. The van der Waals surface area contributed by atoms with Gasteiger partial charge in [0.25, 0.3) is 11.1 Å². The topological polar surface area (TPSA) is 79.0 Å². The molecule has 0 bridgehead atoms. The minimum Gasteiger partial charge on any atom is -0.378 e. The average Bonchev–Trinajstić information content (AvgIpc) is 3.03. The first-order valence-electron chi connectivity index (χ1n) is 10.5. The molecule has 166 valence electrons. The first-order chi connectivity index (χ1) is 15.4. The predicted octanol–water partition coefficient (Wildman–Crippen LogP) is 3.82. The summed E-state index contributed by atoms with van der Waals surface area (Å²) in [7, 11) is 0. The smallest absolute Gasteiger partial charge is 0.294 e. The number of hydrogen-bond acceptors (Lipinski definition) is 6. The molecular weight excluding hydrogens is 426 g/mol. The fourth-order valence-corrected chi connectivity index (χ4v) is 4.51. The highest BCUT2D eigenvalue weighted by Gasteiger charge is 2.36. The quantitative estimate of drug-likeness (QED) is 0.697. The fraction of sp³-hybridized carbons (Fsp3) is 0.292. The van der Waals surface area contributed by atoms with Crippen LogP contribution in [0.1, 0.15) is 16.7 Å². The highest BCUT2D eigenvalue weighted by molar-refractivity contribution is 8.18. The molecule has 8 heteroatoms. The summed E-state index contributed by atoms with van der Waals surface area (Å²) in [6.07, 6.45) is 1.72. The van der Waals surface area contributed by atoms with E-state index in [-0.39, 0.29) is 6.54 Å². The lowest BCUT2D eigenvalue weighted by molar-refractivity contribution is -0.127. The van der Waals surface area contributed by atoms with Gasteiger partial charge in [0.1, 0.15) is 6.54 Å². The van der Waals surface area contributed by atoms with Crippen molar-refractivity contribution in [3.05, 3.63) is 64.1 Å². The van der Waals surface area contributed by atoms with Gasteiger partial charge in [-0.05, 0) is 72.6 Å².